The van der Waals surface area contributed by atoms with E-state index in [1.54, 1.807) is 18.7 Å². The fraction of sp³-hybridized carbons (Fsp3) is 0.526. The van der Waals surface area contributed by atoms with E-state index in [2.05, 4.69) is 12.1 Å². The van der Waals surface area contributed by atoms with Crippen molar-refractivity contribution in [1.82, 2.24) is 0 Å². The molecule has 2 N–H and O–H groups in total. The molecule has 4 rings (SSSR count). The number of hydrogen-bond donors (Lipinski definition) is 2. The molecule has 3 aliphatic rings. The van der Waals surface area contributed by atoms with Crippen molar-refractivity contribution < 1.29 is 24.5 Å². The second-order valence-electron chi connectivity index (χ2n) is 6.83. The highest BCUT2D eigenvalue weighted by Gasteiger charge is 2.49. The molecule has 6 unspecified atom stereocenters. The maximum Gasteiger partial charge on any atom is 0.214 e. The predicted molar refractivity (Wildman–Crippen MR) is 102 cm³/mol. The number of hydrogen-bond acceptors (Lipinski definition) is 7. The Kier molecular flexibility index (Phi) is 5.34. The first kappa shape index (κ1) is 18.4. The predicted octanol–water partition coefficient (Wildman–Crippen LogP) is 2.46. The fourth-order valence-electron chi connectivity index (χ4n) is 3.46. The van der Waals surface area contributed by atoms with E-state index in [0.717, 1.165) is 12.2 Å². The van der Waals surface area contributed by atoms with Crippen molar-refractivity contribution in [1.29, 1.82) is 0 Å². The van der Waals surface area contributed by atoms with Crippen molar-refractivity contribution in [2.24, 2.45) is 0 Å². The van der Waals surface area contributed by atoms with Gasteiger partial charge < -0.3 is 19.7 Å². The Morgan fingerprint density at radius 1 is 1.23 bits per heavy atom. The Bertz CT molecular complexity index is 707. The number of aliphatic hydroxyl groups is 2. The number of fused-ring (bicyclic) bond motifs is 1. The number of carbonyl (C=O) groups excluding carboxylic acids is 1. The van der Waals surface area contributed by atoms with Crippen LogP contribution in [0.5, 0.6) is 0 Å². The molecule has 0 aromatic heterocycles. The molecule has 6 atom stereocenters. The highest BCUT2D eigenvalue weighted by atomic mass is 32.2. The summed E-state index contributed by atoms with van der Waals surface area (Å²) in [5.74, 6) is 1.53. The van der Waals surface area contributed by atoms with E-state index < -0.39 is 29.9 Å². The van der Waals surface area contributed by atoms with Gasteiger partial charge in [-0.2, -0.15) is 0 Å². The summed E-state index contributed by atoms with van der Waals surface area (Å²) >= 11 is 2.95. The molecule has 0 amide bonds. The van der Waals surface area contributed by atoms with Crippen molar-refractivity contribution in [3.8, 4) is 0 Å². The van der Waals surface area contributed by atoms with Gasteiger partial charge in [0.05, 0.1) is 16.3 Å². The fourth-order valence-corrected chi connectivity index (χ4v) is 6.01. The first-order valence-corrected chi connectivity index (χ1v) is 10.7. The second kappa shape index (κ2) is 7.56. The Morgan fingerprint density at radius 3 is 2.77 bits per heavy atom. The van der Waals surface area contributed by atoms with Gasteiger partial charge in [-0.25, -0.2) is 0 Å². The van der Waals surface area contributed by atoms with Crippen LogP contribution in [0.2, 0.25) is 0 Å². The Morgan fingerprint density at radius 2 is 2.00 bits per heavy atom. The van der Waals surface area contributed by atoms with Gasteiger partial charge in [0.25, 0.3) is 0 Å². The van der Waals surface area contributed by atoms with Gasteiger partial charge >= 0.3 is 0 Å². The molecule has 1 aromatic carbocycles. The molecular formula is C19H22O5S2. The summed E-state index contributed by atoms with van der Waals surface area (Å²) in [5.41, 5.74) is 1.20. The molecule has 1 aromatic rings. The van der Waals surface area contributed by atoms with Crippen LogP contribution in [0.3, 0.4) is 0 Å². The third-order valence-electron chi connectivity index (χ3n) is 4.99. The average molecular weight is 395 g/mol. The van der Waals surface area contributed by atoms with Crippen LogP contribution in [0, 0.1) is 0 Å². The largest absolute Gasteiger partial charge is 0.467 e. The summed E-state index contributed by atoms with van der Waals surface area (Å²) in [6.07, 6.45) is -1.63. The standard InChI is InChI=1S/C19H22O5S2/c1-10-14(20)16(22)18-19(23-10)24-12-7-8-13(15(21)17(12)26-18)25-9-11-5-3-2-4-6-11/h2-6,10,13-14,16,18-20,22H,7-9H2,1H3. The molecule has 140 valence electrons. The third-order valence-corrected chi connectivity index (χ3v) is 7.78. The molecule has 7 heteroatoms. The molecule has 1 fully saturated rings. The van der Waals surface area contributed by atoms with Crippen LogP contribution in [-0.2, 0) is 20.0 Å². The van der Waals surface area contributed by atoms with Crippen molar-refractivity contribution >= 4 is 29.3 Å². The van der Waals surface area contributed by atoms with E-state index in [1.807, 2.05) is 18.2 Å². The van der Waals surface area contributed by atoms with Gasteiger partial charge in [0.15, 0.2) is 5.78 Å². The highest BCUT2D eigenvalue weighted by Crippen LogP contribution is 2.46. The minimum atomic E-state index is -0.979. The minimum absolute atomic E-state index is 0.0657. The Hall–Kier alpha value is -0.990. The van der Waals surface area contributed by atoms with Gasteiger partial charge in [0, 0.05) is 12.2 Å². The lowest BCUT2D eigenvalue weighted by Gasteiger charge is -2.45. The van der Waals surface area contributed by atoms with Gasteiger partial charge in [0.1, 0.15) is 23.2 Å². The number of rotatable bonds is 3. The molecule has 2 aliphatic heterocycles. The summed E-state index contributed by atoms with van der Waals surface area (Å²) in [7, 11) is 0. The van der Waals surface area contributed by atoms with Crippen LogP contribution in [0.25, 0.3) is 0 Å². The van der Waals surface area contributed by atoms with E-state index in [0.29, 0.717) is 17.1 Å². The van der Waals surface area contributed by atoms with Crippen LogP contribution in [0.15, 0.2) is 41.0 Å². The summed E-state index contributed by atoms with van der Waals surface area (Å²) in [4.78, 5) is 13.5. The van der Waals surface area contributed by atoms with E-state index in [1.165, 1.54) is 17.3 Å². The Labute approximate surface area is 161 Å². The molecule has 1 saturated heterocycles. The molecule has 0 saturated carbocycles. The first-order chi connectivity index (χ1) is 12.5. The number of ketones is 1. The van der Waals surface area contributed by atoms with E-state index in [9.17, 15) is 15.0 Å². The van der Waals surface area contributed by atoms with Crippen LogP contribution >= 0.6 is 23.5 Å². The molecule has 1 aliphatic carbocycles. The van der Waals surface area contributed by atoms with Crippen LogP contribution in [0.1, 0.15) is 25.3 Å². The lowest BCUT2D eigenvalue weighted by molar-refractivity contribution is -0.231. The van der Waals surface area contributed by atoms with Crippen LogP contribution in [0.4, 0.5) is 0 Å². The van der Waals surface area contributed by atoms with E-state index in [-0.39, 0.29) is 11.0 Å². The number of benzene rings is 1. The quantitative estimate of drug-likeness (QED) is 0.816. The van der Waals surface area contributed by atoms with Gasteiger partial charge in [-0.3, -0.25) is 4.79 Å². The summed E-state index contributed by atoms with van der Waals surface area (Å²) in [6.45, 7) is 1.71. The van der Waals surface area contributed by atoms with Crippen molar-refractivity contribution in [2.45, 2.75) is 60.6 Å². The van der Waals surface area contributed by atoms with Crippen molar-refractivity contribution in [3.05, 3.63) is 46.6 Å². The summed E-state index contributed by atoms with van der Waals surface area (Å²) < 4.78 is 11.6. The molecule has 2 heterocycles. The average Bonchev–Trinajstić information content (AvgIpc) is 2.66. The first-order valence-electron chi connectivity index (χ1n) is 8.82. The summed E-state index contributed by atoms with van der Waals surface area (Å²) in [6, 6.07) is 10.1. The molecule has 26 heavy (non-hydrogen) atoms. The minimum Gasteiger partial charge on any atom is -0.467 e. The lowest BCUT2D eigenvalue weighted by atomic mass is 10.0. The van der Waals surface area contributed by atoms with E-state index >= 15 is 0 Å². The van der Waals surface area contributed by atoms with E-state index in [4.69, 9.17) is 9.47 Å². The summed E-state index contributed by atoms with van der Waals surface area (Å²) in [5, 5.41) is 19.8. The van der Waals surface area contributed by atoms with Crippen LogP contribution in [-0.4, -0.2) is 51.1 Å². The van der Waals surface area contributed by atoms with Crippen molar-refractivity contribution in [2.75, 3.05) is 0 Å². The van der Waals surface area contributed by atoms with Crippen molar-refractivity contribution in [3.63, 3.8) is 0 Å². The lowest BCUT2D eigenvalue weighted by Crippen LogP contribution is -2.57. The maximum atomic E-state index is 12.9. The Balaban J connectivity index is 1.46. The topological polar surface area (TPSA) is 76.0 Å². The SMILES string of the molecule is CC1OC2OC3=C(SC2C(O)C1O)C(=O)C(SCc1ccccc1)CC3. The zero-order valence-electron chi connectivity index (χ0n) is 14.4. The molecule has 0 radical (unpaired) electrons. The van der Waals surface area contributed by atoms with Gasteiger partial charge in [0.2, 0.25) is 6.29 Å². The molecule has 0 spiro atoms. The molecular weight excluding hydrogens is 372 g/mol. The molecule has 5 nitrogen and oxygen atoms in total. The number of allylic oxidation sites excluding steroid dienone is 2. The maximum absolute atomic E-state index is 12.9. The third kappa shape index (κ3) is 3.43. The number of thioether (sulfide) groups is 2. The number of Topliss-reactive ketones (excluding diaryl/α,β-unsaturated/α-hetero) is 1. The monoisotopic (exact) mass is 394 g/mol. The number of aliphatic hydroxyl groups excluding tert-OH is 2. The highest BCUT2D eigenvalue weighted by molar-refractivity contribution is 8.05. The zero-order valence-corrected chi connectivity index (χ0v) is 16.0. The molecule has 0 bridgehead atoms. The number of ether oxygens (including phenoxy) is 2. The normalized spacial score (nSPS) is 37.0. The van der Waals surface area contributed by atoms with Gasteiger partial charge in [-0.15, -0.1) is 23.5 Å². The van der Waals surface area contributed by atoms with Crippen LogP contribution < -0.4 is 0 Å². The zero-order chi connectivity index (χ0) is 18.3. The smallest absolute Gasteiger partial charge is 0.214 e. The second-order valence-corrected chi connectivity index (χ2v) is 9.21. The number of carbonyl (C=O) groups is 1. The van der Waals surface area contributed by atoms with Gasteiger partial charge in [-0.1, -0.05) is 30.3 Å². The van der Waals surface area contributed by atoms with Gasteiger partial charge in [-0.05, 0) is 18.9 Å².